The minimum atomic E-state index is -0.755. The number of benzene rings is 2. The van der Waals surface area contributed by atoms with Crippen molar-refractivity contribution in [1.29, 1.82) is 5.26 Å². The predicted molar refractivity (Wildman–Crippen MR) is 131 cm³/mol. The summed E-state index contributed by atoms with van der Waals surface area (Å²) in [5.74, 6) is 0.0193. The average molecular weight is 467 g/mol. The van der Waals surface area contributed by atoms with Crippen LogP contribution in [0.15, 0.2) is 42.5 Å². The topological polar surface area (TPSA) is 85.2 Å². The Labute approximate surface area is 198 Å². The largest absolute Gasteiger partial charge is 0.359 e. The lowest BCUT2D eigenvalue weighted by molar-refractivity contribution is -0.120. The van der Waals surface area contributed by atoms with E-state index in [1.807, 2.05) is 35.2 Å². The third-order valence-electron chi connectivity index (χ3n) is 6.05. The van der Waals surface area contributed by atoms with Crippen LogP contribution in [-0.2, 0) is 22.7 Å². The van der Waals surface area contributed by atoms with Gasteiger partial charge >= 0.3 is 0 Å². The van der Waals surface area contributed by atoms with Gasteiger partial charge in [-0.05, 0) is 80.2 Å². The maximum Gasteiger partial charge on any atom is 0.219 e. The molecule has 1 aliphatic carbocycles. The van der Waals surface area contributed by atoms with Gasteiger partial charge in [-0.2, -0.15) is 5.26 Å². The fraction of sp³-hybridized carbons (Fsp3) is 0.360. The molecule has 1 aliphatic rings. The standard InChI is InChI=1S/C25H27FN4O2S/c1-28-23(32)5-2-4-18-6-10-22(11-7-18)30(25(17-31)12-3-13-25)24(33)29-21-9-8-19(16-27)20(14-21)15-26/h6-11,14,17H,2-5,12-13,15H2,1H3,(H,28,32)(H,29,33). The first-order valence-electron chi connectivity index (χ1n) is 10.9. The number of carbonyl (C=O) groups is 2. The number of nitrogens with one attached hydrogen (secondary N) is 2. The molecule has 33 heavy (non-hydrogen) atoms. The first-order chi connectivity index (χ1) is 16.0. The van der Waals surface area contributed by atoms with Gasteiger partial charge in [-0.15, -0.1) is 0 Å². The second-order valence-corrected chi connectivity index (χ2v) is 8.54. The van der Waals surface area contributed by atoms with Gasteiger partial charge < -0.3 is 20.3 Å². The van der Waals surface area contributed by atoms with Gasteiger partial charge in [-0.3, -0.25) is 4.79 Å². The molecule has 2 aromatic rings. The Morgan fingerprint density at radius 1 is 1.27 bits per heavy atom. The quantitative estimate of drug-likeness (QED) is 0.420. The number of halogens is 1. The van der Waals surface area contributed by atoms with Crippen LogP contribution >= 0.6 is 12.2 Å². The molecule has 1 fully saturated rings. The Balaban J connectivity index is 1.81. The van der Waals surface area contributed by atoms with Crippen molar-refractivity contribution in [2.45, 2.75) is 50.7 Å². The Morgan fingerprint density at radius 2 is 2.00 bits per heavy atom. The first kappa shape index (κ1) is 24.3. The van der Waals surface area contributed by atoms with Crippen molar-refractivity contribution in [2.24, 2.45) is 0 Å². The molecule has 0 saturated heterocycles. The molecule has 0 aliphatic heterocycles. The highest BCUT2D eigenvalue weighted by Crippen LogP contribution is 2.39. The molecule has 6 nitrogen and oxygen atoms in total. The van der Waals surface area contributed by atoms with Crippen molar-refractivity contribution in [1.82, 2.24) is 5.32 Å². The van der Waals surface area contributed by atoms with Gasteiger partial charge in [-0.1, -0.05) is 12.1 Å². The summed E-state index contributed by atoms with van der Waals surface area (Å²) in [6.45, 7) is -0.755. The molecule has 0 bridgehead atoms. The molecule has 3 rings (SSSR count). The van der Waals surface area contributed by atoms with Crippen molar-refractivity contribution in [3.63, 3.8) is 0 Å². The summed E-state index contributed by atoms with van der Waals surface area (Å²) >= 11 is 5.69. The summed E-state index contributed by atoms with van der Waals surface area (Å²) in [5.41, 5.74) is 2.28. The van der Waals surface area contributed by atoms with Crippen molar-refractivity contribution >= 4 is 40.9 Å². The van der Waals surface area contributed by atoms with Crippen LogP contribution in [0.2, 0.25) is 0 Å². The zero-order valence-corrected chi connectivity index (χ0v) is 19.4. The van der Waals surface area contributed by atoms with E-state index in [1.54, 1.807) is 25.2 Å². The molecule has 0 radical (unpaired) electrons. The van der Waals surface area contributed by atoms with Crippen LogP contribution in [0.4, 0.5) is 15.8 Å². The molecular weight excluding hydrogens is 439 g/mol. The summed E-state index contributed by atoms with van der Waals surface area (Å²) in [6, 6.07) is 14.6. The van der Waals surface area contributed by atoms with Gasteiger partial charge in [0, 0.05) is 30.4 Å². The molecule has 8 heteroatoms. The number of anilines is 2. The van der Waals surface area contributed by atoms with Gasteiger partial charge in [0.15, 0.2) is 5.11 Å². The van der Waals surface area contributed by atoms with E-state index in [9.17, 15) is 14.0 Å². The lowest BCUT2D eigenvalue weighted by atomic mass is 9.76. The number of hydrogen-bond acceptors (Lipinski definition) is 4. The molecule has 2 aromatic carbocycles. The van der Waals surface area contributed by atoms with Gasteiger partial charge in [0.1, 0.15) is 18.5 Å². The highest BCUT2D eigenvalue weighted by molar-refractivity contribution is 7.80. The molecule has 0 unspecified atom stereocenters. The van der Waals surface area contributed by atoms with Crippen molar-refractivity contribution in [3.8, 4) is 6.07 Å². The van der Waals surface area contributed by atoms with E-state index in [2.05, 4.69) is 10.6 Å². The fourth-order valence-corrected chi connectivity index (χ4v) is 4.38. The number of hydrogen-bond donors (Lipinski definition) is 2. The number of nitrogens with zero attached hydrogens (tertiary/aromatic N) is 2. The Bertz CT molecular complexity index is 1060. The van der Waals surface area contributed by atoms with Crippen LogP contribution in [0.25, 0.3) is 0 Å². The van der Waals surface area contributed by atoms with Crippen LogP contribution in [0.5, 0.6) is 0 Å². The van der Waals surface area contributed by atoms with Gasteiger partial charge in [-0.25, -0.2) is 4.39 Å². The zero-order chi connectivity index (χ0) is 23.8. The predicted octanol–water partition coefficient (Wildman–Crippen LogP) is 4.42. The third-order valence-corrected chi connectivity index (χ3v) is 6.34. The zero-order valence-electron chi connectivity index (χ0n) is 18.6. The van der Waals surface area contributed by atoms with E-state index in [0.717, 1.165) is 36.8 Å². The van der Waals surface area contributed by atoms with E-state index in [0.29, 0.717) is 30.1 Å². The van der Waals surface area contributed by atoms with Gasteiger partial charge in [0.2, 0.25) is 5.91 Å². The summed E-state index contributed by atoms with van der Waals surface area (Å²) < 4.78 is 13.3. The minimum absolute atomic E-state index is 0.0193. The minimum Gasteiger partial charge on any atom is -0.359 e. The summed E-state index contributed by atoms with van der Waals surface area (Å²) in [4.78, 5) is 25.4. The summed E-state index contributed by atoms with van der Waals surface area (Å²) in [6.07, 6.45) is 5.25. The molecule has 0 aromatic heterocycles. The fourth-order valence-electron chi connectivity index (χ4n) is 3.97. The highest BCUT2D eigenvalue weighted by Gasteiger charge is 2.44. The van der Waals surface area contributed by atoms with Crippen LogP contribution in [0.1, 0.15) is 48.8 Å². The number of alkyl halides is 1. The van der Waals surface area contributed by atoms with Crippen LogP contribution in [-0.4, -0.2) is 29.9 Å². The summed E-state index contributed by atoms with van der Waals surface area (Å²) in [7, 11) is 1.63. The van der Waals surface area contributed by atoms with E-state index in [1.165, 1.54) is 0 Å². The molecule has 0 spiro atoms. The van der Waals surface area contributed by atoms with Crippen molar-refractivity contribution < 1.29 is 14.0 Å². The Kier molecular flexibility index (Phi) is 8.12. The first-order valence-corrected chi connectivity index (χ1v) is 11.3. The third kappa shape index (κ3) is 5.55. The number of carbonyl (C=O) groups excluding carboxylic acids is 2. The number of rotatable bonds is 9. The lowest BCUT2D eigenvalue weighted by Gasteiger charge is -2.47. The number of thiocarbonyl (C=S) groups is 1. The molecule has 172 valence electrons. The number of nitriles is 1. The van der Waals surface area contributed by atoms with E-state index in [-0.39, 0.29) is 17.0 Å². The number of aryl methyl sites for hydroxylation is 1. The SMILES string of the molecule is CNC(=O)CCCc1ccc(N(C(=S)Nc2ccc(C#N)c(CF)c2)C2(C=O)CCC2)cc1. The second-order valence-electron chi connectivity index (χ2n) is 8.15. The molecule has 1 saturated carbocycles. The van der Waals surface area contributed by atoms with Gasteiger partial charge in [0.05, 0.1) is 11.6 Å². The van der Waals surface area contributed by atoms with Crippen molar-refractivity contribution in [2.75, 3.05) is 17.3 Å². The van der Waals surface area contributed by atoms with E-state index in [4.69, 9.17) is 17.5 Å². The van der Waals surface area contributed by atoms with Crippen LogP contribution < -0.4 is 15.5 Å². The molecular formula is C25H27FN4O2S. The number of aldehydes is 1. The Morgan fingerprint density at radius 3 is 2.55 bits per heavy atom. The second kappa shape index (κ2) is 11.0. The van der Waals surface area contributed by atoms with Crippen molar-refractivity contribution in [3.05, 3.63) is 59.2 Å². The maximum atomic E-state index is 13.3. The van der Waals surface area contributed by atoms with E-state index < -0.39 is 12.2 Å². The van der Waals surface area contributed by atoms with Crippen LogP contribution in [0.3, 0.4) is 0 Å². The summed E-state index contributed by atoms with van der Waals surface area (Å²) in [5, 5.41) is 15.2. The Hall–Kier alpha value is -3.31. The maximum absolute atomic E-state index is 13.3. The van der Waals surface area contributed by atoms with Gasteiger partial charge in [0.25, 0.3) is 0 Å². The molecule has 0 heterocycles. The smallest absolute Gasteiger partial charge is 0.219 e. The normalized spacial score (nSPS) is 13.8. The number of amides is 1. The molecule has 0 atom stereocenters. The monoisotopic (exact) mass is 466 g/mol. The molecule has 1 amide bonds. The highest BCUT2D eigenvalue weighted by atomic mass is 32.1. The van der Waals surface area contributed by atoms with E-state index >= 15 is 0 Å². The lowest BCUT2D eigenvalue weighted by Crippen LogP contribution is -2.59. The molecule has 2 N–H and O–H groups in total. The van der Waals surface area contributed by atoms with Crippen LogP contribution in [0, 0.1) is 11.3 Å². The average Bonchev–Trinajstić information content (AvgIpc) is 2.81.